The minimum atomic E-state index is -0.486. The molecular formula is C23H20N4O2. The average molecular weight is 384 g/mol. The van der Waals surface area contributed by atoms with E-state index in [9.17, 15) is 9.59 Å². The van der Waals surface area contributed by atoms with Gasteiger partial charge in [-0.2, -0.15) is 0 Å². The van der Waals surface area contributed by atoms with Gasteiger partial charge < -0.3 is 5.32 Å². The molecular weight excluding hydrogens is 364 g/mol. The predicted molar refractivity (Wildman–Crippen MR) is 116 cm³/mol. The normalized spacial score (nSPS) is 9.55. The summed E-state index contributed by atoms with van der Waals surface area (Å²) in [5.41, 5.74) is 1.97. The van der Waals surface area contributed by atoms with E-state index in [0.29, 0.717) is 11.4 Å². The Bertz CT molecular complexity index is 1010. The molecule has 0 aliphatic heterocycles. The largest absolute Gasteiger partial charge is 0.340 e. The van der Waals surface area contributed by atoms with Gasteiger partial charge in [0.25, 0.3) is 0 Å². The van der Waals surface area contributed by atoms with Crippen LogP contribution in [0.4, 0.5) is 26.7 Å². The van der Waals surface area contributed by atoms with Gasteiger partial charge in [-0.25, -0.2) is 14.5 Å². The van der Waals surface area contributed by atoms with Gasteiger partial charge in [-0.3, -0.25) is 10.2 Å². The van der Waals surface area contributed by atoms with E-state index >= 15 is 0 Å². The number of hydrogen-bond acceptors (Lipinski definition) is 2. The number of nitrogens with zero attached hydrogens (tertiary/aromatic N) is 2. The van der Waals surface area contributed by atoms with Gasteiger partial charge in [0.15, 0.2) is 0 Å². The third-order valence-electron chi connectivity index (χ3n) is 4.01. The molecule has 4 amide bonds. The van der Waals surface area contributed by atoms with E-state index in [2.05, 4.69) is 22.7 Å². The lowest BCUT2D eigenvalue weighted by Gasteiger charge is -2.23. The van der Waals surface area contributed by atoms with Crippen molar-refractivity contribution in [1.82, 2.24) is 5.32 Å². The Morgan fingerprint density at radius 3 is 1.86 bits per heavy atom. The van der Waals surface area contributed by atoms with E-state index < -0.39 is 6.03 Å². The van der Waals surface area contributed by atoms with Crippen LogP contribution in [0.1, 0.15) is 0 Å². The second kappa shape index (κ2) is 9.62. The molecule has 0 aliphatic carbocycles. The Balaban J connectivity index is 1.76. The number of benzene rings is 3. The van der Waals surface area contributed by atoms with Crippen LogP contribution >= 0.6 is 0 Å². The zero-order chi connectivity index (χ0) is 20.5. The number of hydrogen-bond donors (Lipinski definition) is 2. The van der Waals surface area contributed by atoms with Gasteiger partial charge in [0.05, 0.1) is 5.69 Å². The topological polar surface area (TPSA) is 64.7 Å². The van der Waals surface area contributed by atoms with Crippen LogP contribution in [0.15, 0.2) is 91.0 Å². The molecule has 6 heteroatoms. The summed E-state index contributed by atoms with van der Waals surface area (Å²) < 4.78 is 0. The SMILES string of the molecule is CN(C(=O)N(C#CNC(=O)Nc1ccccc1)c1ccccc1)c1ccccc1. The quantitative estimate of drug-likeness (QED) is 0.516. The monoisotopic (exact) mass is 384 g/mol. The van der Waals surface area contributed by atoms with Crippen LogP contribution in [0, 0.1) is 12.1 Å². The van der Waals surface area contributed by atoms with Crippen molar-refractivity contribution in [2.24, 2.45) is 0 Å². The van der Waals surface area contributed by atoms with E-state index in [1.807, 2.05) is 66.7 Å². The Hall–Kier alpha value is -4.24. The lowest BCUT2D eigenvalue weighted by molar-refractivity contribution is 0.254. The number of anilines is 3. The molecule has 0 bridgehead atoms. The maximum absolute atomic E-state index is 13.0. The zero-order valence-electron chi connectivity index (χ0n) is 15.9. The number of nitrogens with one attached hydrogen (secondary N) is 2. The smallest absolute Gasteiger partial charge is 0.307 e. The number of urea groups is 2. The van der Waals surface area contributed by atoms with Crippen molar-refractivity contribution in [3.05, 3.63) is 91.0 Å². The number of rotatable bonds is 3. The van der Waals surface area contributed by atoms with Gasteiger partial charge >= 0.3 is 12.1 Å². The standard InChI is InChI=1S/C23H20N4O2/c1-26(20-13-7-3-8-14-20)23(29)27(21-15-9-4-10-16-21)18-17-24-22(28)25-19-11-5-2-6-12-19/h2-16H,1H3,(H2,24,25,28). The molecule has 144 valence electrons. The van der Waals surface area contributed by atoms with Crippen molar-refractivity contribution in [3.63, 3.8) is 0 Å². The minimum Gasteiger partial charge on any atom is -0.307 e. The molecule has 0 fully saturated rings. The average Bonchev–Trinajstić information content (AvgIpc) is 2.77. The van der Waals surface area contributed by atoms with Gasteiger partial charge in [-0.1, -0.05) is 54.6 Å². The molecule has 0 heterocycles. The molecule has 29 heavy (non-hydrogen) atoms. The molecule has 6 nitrogen and oxygen atoms in total. The zero-order valence-corrected chi connectivity index (χ0v) is 15.9. The van der Waals surface area contributed by atoms with Gasteiger partial charge in [0.1, 0.15) is 0 Å². The fourth-order valence-corrected chi connectivity index (χ4v) is 2.54. The van der Waals surface area contributed by atoms with Gasteiger partial charge in [-0.15, -0.1) is 0 Å². The highest BCUT2D eigenvalue weighted by Crippen LogP contribution is 2.18. The summed E-state index contributed by atoms with van der Waals surface area (Å²) in [5, 5.41) is 5.11. The highest BCUT2D eigenvalue weighted by Gasteiger charge is 2.19. The minimum absolute atomic E-state index is 0.347. The first kappa shape index (κ1) is 19.5. The van der Waals surface area contributed by atoms with Crippen molar-refractivity contribution in [3.8, 4) is 12.1 Å². The molecule has 0 saturated heterocycles. The number of amides is 4. The van der Waals surface area contributed by atoms with Crippen LogP contribution in [0.25, 0.3) is 0 Å². The maximum Gasteiger partial charge on any atom is 0.340 e. The Kier molecular flexibility index (Phi) is 6.48. The Morgan fingerprint density at radius 1 is 0.759 bits per heavy atom. The van der Waals surface area contributed by atoms with Crippen molar-refractivity contribution < 1.29 is 9.59 Å². The molecule has 0 spiro atoms. The highest BCUT2D eigenvalue weighted by atomic mass is 16.2. The lowest BCUT2D eigenvalue weighted by Crippen LogP contribution is -2.39. The molecule has 3 aromatic carbocycles. The number of carbonyl (C=O) groups excluding carboxylic acids is 2. The molecule has 0 saturated carbocycles. The Labute approximate surface area is 169 Å². The summed E-state index contributed by atoms with van der Waals surface area (Å²) in [6.07, 6.45) is 0. The van der Waals surface area contributed by atoms with Crippen LogP contribution in [0.2, 0.25) is 0 Å². The second-order valence-electron chi connectivity index (χ2n) is 6.03. The van der Waals surface area contributed by atoms with Crippen LogP contribution in [0.3, 0.4) is 0 Å². The molecule has 2 N–H and O–H groups in total. The second-order valence-corrected chi connectivity index (χ2v) is 6.03. The van der Waals surface area contributed by atoms with Crippen LogP contribution in [-0.4, -0.2) is 19.1 Å². The van der Waals surface area contributed by atoms with Crippen LogP contribution in [0.5, 0.6) is 0 Å². The highest BCUT2D eigenvalue weighted by molar-refractivity contribution is 6.05. The summed E-state index contributed by atoms with van der Waals surface area (Å²) in [5.74, 6) is 0. The summed E-state index contributed by atoms with van der Waals surface area (Å²) in [6.45, 7) is 0. The van der Waals surface area contributed by atoms with E-state index in [0.717, 1.165) is 5.69 Å². The van der Waals surface area contributed by atoms with Crippen molar-refractivity contribution >= 4 is 29.1 Å². The van der Waals surface area contributed by atoms with Gasteiger partial charge in [0, 0.05) is 30.5 Å². The molecule has 0 unspecified atom stereocenters. The fraction of sp³-hybridized carbons (Fsp3) is 0.0435. The first-order valence-electron chi connectivity index (χ1n) is 8.96. The predicted octanol–water partition coefficient (Wildman–Crippen LogP) is 4.49. The van der Waals surface area contributed by atoms with Gasteiger partial charge in [0.2, 0.25) is 0 Å². The Morgan fingerprint density at radius 2 is 1.28 bits per heavy atom. The van der Waals surface area contributed by atoms with Crippen LogP contribution < -0.4 is 20.4 Å². The summed E-state index contributed by atoms with van der Waals surface area (Å²) in [7, 11) is 1.67. The van der Waals surface area contributed by atoms with E-state index in [4.69, 9.17) is 0 Å². The number of carbonyl (C=O) groups is 2. The number of para-hydroxylation sites is 3. The van der Waals surface area contributed by atoms with E-state index in [-0.39, 0.29) is 6.03 Å². The lowest BCUT2D eigenvalue weighted by atomic mass is 10.3. The third kappa shape index (κ3) is 5.37. The summed E-state index contributed by atoms with van der Waals surface area (Å²) >= 11 is 0. The van der Waals surface area contributed by atoms with Crippen molar-refractivity contribution in [2.75, 3.05) is 22.2 Å². The molecule has 3 rings (SSSR count). The summed E-state index contributed by atoms with van der Waals surface area (Å²) in [4.78, 5) is 27.8. The van der Waals surface area contributed by atoms with Crippen molar-refractivity contribution in [2.45, 2.75) is 0 Å². The molecule has 3 aromatic rings. The molecule has 0 aliphatic rings. The van der Waals surface area contributed by atoms with Crippen LogP contribution in [-0.2, 0) is 0 Å². The third-order valence-corrected chi connectivity index (χ3v) is 4.01. The first-order valence-corrected chi connectivity index (χ1v) is 8.96. The fourth-order valence-electron chi connectivity index (χ4n) is 2.54. The summed E-state index contributed by atoms with van der Waals surface area (Å²) in [6, 6.07) is 31.8. The molecule has 0 aromatic heterocycles. The van der Waals surface area contributed by atoms with Gasteiger partial charge in [-0.05, 0) is 36.4 Å². The van der Waals surface area contributed by atoms with E-state index in [1.54, 1.807) is 31.3 Å². The first-order chi connectivity index (χ1) is 14.1. The molecule has 0 atom stereocenters. The maximum atomic E-state index is 13.0. The van der Waals surface area contributed by atoms with E-state index in [1.165, 1.54) is 9.80 Å². The molecule has 0 radical (unpaired) electrons. The van der Waals surface area contributed by atoms with Crippen molar-refractivity contribution in [1.29, 1.82) is 0 Å².